The molecule has 0 saturated carbocycles. The molecule has 0 aromatic rings. The van der Waals surface area contributed by atoms with E-state index >= 15 is 0 Å². The fourth-order valence-corrected chi connectivity index (χ4v) is 0.846. The maximum absolute atomic E-state index is 5.30. The minimum atomic E-state index is 0.212. The van der Waals surface area contributed by atoms with Crippen LogP contribution >= 0.6 is 0 Å². The summed E-state index contributed by atoms with van der Waals surface area (Å²) in [6, 6.07) is 0. The molecule has 0 aliphatic carbocycles. The van der Waals surface area contributed by atoms with Crippen molar-refractivity contribution in [3.05, 3.63) is 0 Å². The molecule has 0 aromatic heterocycles. The third-order valence-corrected chi connectivity index (χ3v) is 1.27. The second-order valence-electron chi connectivity index (χ2n) is 2.07. The second-order valence-corrected chi connectivity index (χ2v) is 2.07. The highest BCUT2D eigenvalue weighted by Crippen LogP contribution is 1.98. The van der Waals surface area contributed by atoms with Crippen molar-refractivity contribution in [2.24, 2.45) is 0 Å². The first kappa shape index (κ1) is 6.99. The van der Waals surface area contributed by atoms with Crippen LogP contribution in [0.1, 0.15) is 0 Å². The molecule has 0 aromatic carbocycles. The number of likely N-dealkylation sites (N-methyl/N-ethyl adjacent to an activating group) is 1. The van der Waals surface area contributed by atoms with Crippen LogP contribution in [0.5, 0.6) is 0 Å². The highest BCUT2D eigenvalue weighted by molar-refractivity contribution is 4.61. The van der Waals surface area contributed by atoms with Gasteiger partial charge in [0.2, 0.25) is 0 Å². The lowest BCUT2D eigenvalue weighted by atomic mass is 10.3. The molecule has 0 amide bonds. The summed E-state index contributed by atoms with van der Waals surface area (Å²) in [4.78, 5) is 0. The molecule has 3 heteroatoms. The highest BCUT2D eigenvalue weighted by atomic mass is 16.6. The van der Waals surface area contributed by atoms with Crippen LogP contribution in [0.3, 0.4) is 0 Å². The van der Waals surface area contributed by atoms with E-state index < -0.39 is 0 Å². The van der Waals surface area contributed by atoms with Gasteiger partial charge in [0.15, 0.2) is 0 Å². The van der Waals surface area contributed by atoms with Gasteiger partial charge < -0.3 is 9.47 Å². The smallest absolute Gasteiger partial charge is 0.0950 e. The Morgan fingerprint density at radius 2 is 2.44 bits per heavy atom. The molecular weight excluding hydrogens is 118 g/mol. The van der Waals surface area contributed by atoms with E-state index in [1.807, 2.05) is 0 Å². The Morgan fingerprint density at radius 1 is 1.56 bits per heavy atom. The lowest BCUT2D eigenvalue weighted by molar-refractivity contribution is -0.0860. The van der Waals surface area contributed by atoms with Crippen LogP contribution in [0, 0.1) is 0 Å². The first-order valence-corrected chi connectivity index (χ1v) is 3.18. The zero-order chi connectivity index (χ0) is 6.53. The van der Waals surface area contributed by atoms with E-state index in [2.05, 4.69) is 5.32 Å². The van der Waals surface area contributed by atoms with Crippen molar-refractivity contribution in [3.8, 4) is 0 Å². The molecule has 1 aliphatic heterocycles. The third-order valence-electron chi connectivity index (χ3n) is 1.27. The Labute approximate surface area is 55.3 Å². The van der Waals surface area contributed by atoms with Gasteiger partial charge in [0.1, 0.15) is 0 Å². The van der Waals surface area contributed by atoms with Crippen molar-refractivity contribution in [2.75, 3.05) is 33.4 Å². The zero-order valence-electron chi connectivity index (χ0n) is 5.67. The summed E-state index contributed by atoms with van der Waals surface area (Å²) in [7, 11) is 1.79. The van der Waals surface area contributed by atoms with E-state index in [0.29, 0.717) is 6.61 Å². The topological polar surface area (TPSA) is 32.6 Å². The van der Waals surface area contributed by atoms with E-state index in [-0.39, 0.29) is 6.10 Å². The lowest BCUT2D eigenvalue weighted by Gasteiger charge is -2.21. The van der Waals surface area contributed by atoms with Crippen LogP contribution in [0.2, 0.25) is 0 Å². The molecule has 3 nitrogen and oxygen atoms in total. The fourth-order valence-electron chi connectivity index (χ4n) is 0.846. The van der Waals surface area contributed by atoms with Crippen LogP contribution in [0.4, 0.5) is 0 Å². The SMILES string of the molecule is C[N]C[C@@H]1COCCO1. The average Bonchev–Trinajstić information content (AvgIpc) is 1.91. The van der Waals surface area contributed by atoms with E-state index in [0.717, 1.165) is 19.8 Å². The molecule has 1 radical (unpaired) electrons. The molecule has 1 saturated heterocycles. The van der Waals surface area contributed by atoms with Gasteiger partial charge in [0.05, 0.1) is 25.9 Å². The first-order chi connectivity index (χ1) is 4.43. The number of ether oxygens (including phenoxy) is 2. The van der Waals surface area contributed by atoms with Crippen LogP contribution in [-0.4, -0.2) is 39.5 Å². The highest BCUT2D eigenvalue weighted by Gasteiger charge is 2.12. The van der Waals surface area contributed by atoms with Gasteiger partial charge >= 0.3 is 0 Å². The van der Waals surface area contributed by atoms with E-state index in [9.17, 15) is 0 Å². The Balaban J connectivity index is 2.08. The number of nitrogens with zero attached hydrogens (tertiary/aromatic N) is 1. The second kappa shape index (κ2) is 3.82. The van der Waals surface area contributed by atoms with E-state index in [4.69, 9.17) is 9.47 Å². The van der Waals surface area contributed by atoms with Crippen molar-refractivity contribution in [2.45, 2.75) is 6.10 Å². The van der Waals surface area contributed by atoms with Crippen molar-refractivity contribution in [1.82, 2.24) is 5.32 Å². The van der Waals surface area contributed by atoms with Gasteiger partial charge in [0.25, 0.3) is 0 Å². The van der Waals surface area contributed by atoms with Crippen molar-refractivity contribution >= 4 is 0 Å². The molecule has 53 valence electrons. The van der Waals surface area contributed by atoms with Crippen molar-refractivity contribution in [3.63, 3.8) is 0 Å². The first-order valence-electron chi connectivity index (χ1n) is 3.18. The Bertz CT molecular complexity index is 68.7. The fraction of sp³-hybridized carbons (Fsp3) is 1.00. The summed E-state index contributed by atoms with van der Waals surface area (Å²) >= 11 is 0. The van der Waals surface area contributed by atoms with Crippen molar-refractivity contribution < 1.29 is 9.47 Å². The van der Waals surface area contributed by atoms with Gasteiger partial charge in [-0.15, -0.1) is 0 Å². The molecular formula is C6H12NO2. The van der Waals surface area contributed by atoms with Gasteiger partial charge in [-0.05, 0) is 0 Å². The maximum atomic E-state index is 5.30. The van der Waals surface area contributed by atoms with Gasteiger partial charge in [0, 0.05) is 13.6 Å². The quantitative estimate of drug-likeness (QED) is 0.511. The largest absolute Gasteiger partial charge is 0.376 e. The third kappa shape index (κ3) is 2.30. The standard InChI is InChI=1S/C6H12NO2/c1-7-4-6-5-8-2-3-9-6/h6H,2-5H2,1H3/t6-/m1/s1. The average molecular weight is 130 g/mol. The van der Waals surface area contributed by atoms with Crippen LogP contribution in [0.15, 0.2) is 0 Å². The minimum Gasteiger partial charge on any atom is -0.376 e. The maximum Gasteiger partial charge on any atom is 0.0950 e. The summed E-state index contributed by atoms with van der Waals surface area (Å²) in [5.41, 5.74) is 0. The number of hydrogen-bond acceptors (Lipinski definition) is 2. The van der Waals surface area contributed by atoms with Gasteiger partial charge in [-0.25, -0.2) is 5.32 Å². The van der Waals surface area contributed by atoms with E-state index in [1.54, 1.807) is 7.05 Å². The number of rotatable bonds is 2. The normalized spacial score (nSPS) is 28.3. The van der Waals surface area contributed by atoms with Gasteiger partial charge in [-0.3, -0.25) is 0 Å². The summed E-state index contributed by atoms with van der Waals surface area (Å²) in [5, 5.41) is 3.95. The molecule has 0 spiro atoms. The van der Waals surface area contributed by atoms with Crippen LogP contribution < -0.4 is 5.32 Å². The lowest BCUT2D eigenvalue weighted by Crippen LogP contribution is -2.34. The van der Waals surface area contributed by atoms with Gasteiger partial charge in [-0.2, -0.15) is 0 Å². The summed E-state index contributed by atoms with van der Waals surface area (Å²) < 4.78 is 10.4. The molecule has 1 aliphatic rings. The molecule has 1 heterocycles. The molecule has 0 bridgehead atoms. The van der Waals surface area contributed by atoms with Crippen LogP contribution in [-0.2, 0) is 9.47 Å². The Hall–Kier alpha value is -0.120. The minimum absolute atomic E-state index is 0.212. The summed E-state index contributed by atoms with van der Waals surface area (Å²) in [5.74, 6) is 0. The number of hydrogen-bond donors (Lipinski definition) is 0. The van der Waals surface area contributed by atoms with Crippen molar-refractivity contribution in [1.29, 1.82) is 0 Å². The summed E-state index contributed by atoms with van der Waals surface area (Å²) in [6.07, 6.45) is 0.212. The zero-order valence-corrected chi connectivity index (χ0v) is 5.67. The molecule has 0 unspecified atom stereocenters. The molecule has 1 rings (SSSR count). The molecule has 9 heavy (non-hydrogen) atoms. The monoisotopic (exact) mass is 130 g/mol. The predicted octanol–water partition coefficient (Wildman–Crippen LogP) is -0.364. The van der Waals surface area contributed by atoms with Gasteiger partial charge in [-0.1, -0.05) is 0 Å². The Kier molecular flexibility index (Phi) is 2.97. The summed E-state index contributed by atoms with van der Waals surface area (Å²) in [6.45, 7) is 2.93. The molecule has 0 N–H and O–H groups in total. The molecule has 1 fully saturated rings. The van der Waals surface area contributed by atoms with Crippen LogP contribution in [0.25, 0.3) is 0 Å². The predicted molar refractivity (Wildman–Crippen MR) is 33.5 cm³/mol. The van der Waals surface area contributed by atoms with E-state index in [1.165, 1.54) is 0 Å². The molecule has 1 atom stereocenters. The Morgan fingerprint density at radius 3 is 3.00 bits per heavy atom.